The van der Waals surface area contributed by atoms with Crippen LogP contribution in [0.3, 0.4) is 0 Å². The summed E-state index contributed by atoms with van der Waals surface area (Å²) in [6.45, 7) is 10.4. The molecule has 4 saturated heterocycles. The molecule has 0 radical (unpaired) electrons. The number of amides is 4. The maximum Gasteiger partial charge on any atom is 0.342 e. The van der Waals surface area contributed by atoms with Crippen molar-refractivity contribution in [1.29, 1.82) is 0 Å². The Morgan fingerprint density at radius 3 is 2.35 bits per heavy atom. The number of hydrogen-bond donors (Lipinski definition) is 3. The Bertz CT molecular complexity index is 2220. The van der Waals surface area contributed by atoms with Crippen molar-refractivity contribution in [2.24, 2.45) is 11.3 Å². The van der Waals surface area contributed by atoms with Crippen LogP contribution in [0.1, 0.15) is 81.1 Å². The minimum atomic E-state index is -3.54. The van der Waals surface area contributed by atoms with Crippen LogP contribution < -0.4 is 35.5 Å². The molecule has 3 N–H and O–H groups in total. The fourth-order valence-corrected chi connectivity index (χ4v) is 10.1. The molecule has 62 heavy (non-hydrogen) atoms. The van der Waals surface area contributed by atoms with Gasteiger partial charge in [0.25, 0.3) is 11.8 Å². The van der Waals surface area contributed by atoms with Gasteiger partial charge < -0.3 is 29.7 Å². The highest BCUT2D eigenvalue weighted by Gasteiger charge is 2.48. The van der Waals surface area contributed by atoms with Gasteiger partial charge in [0.2, 0.25) is 11.8 Å². The number of likely N-dealkylation sites (tertiary alicyclic amines) is 1. The highest BCUT2D eigenvalue weighted by molar-refractivity contribution is 6.03. The first-order valence-corrected chi connectivity index (χ1v) is 21.7. The lowest BCUT2D eigenvalue weighted by Gasteiger charge is -2.54. The van der Waals surface area contributed by atoms with Gasteiger partial charge in [-0.15, -0.1) is 0 Å². The third-order valence-corrected chi connectivity index (χ3v) is 13.7. The average molecular weight is 859 g/mol. The number of carbonyl (C=O) groups excluding carboxylic acids is 4. The van der Waals surface area contributed by atoms with E-state index in [9.17, 15) is 28.0 Å². The first-order chi connectivity index (χ1) is 29.5. The molecule has 0 aliphatic carbocycles. The molecule has 3 aromatic carbocycles. The van der Waals surface area contributed by atoms with Crippen molar-refractivity contribution in [1.82, 2.24) is 20.7 Å². The SMILES string of the molecule is COc1cc(C(=O)NN2CC3(CCN(CC4CCN(c5ccc(C6CCC(=O)NC6=O)cc5F)C(C)C4)CC3)C2)ccc1Nc1ccc2c(c1)N(C(C)C)CC(F)(F)C(=O)N2C. The molecule has 1 spiro atoms. The van der Waals surface area contributed by atoms with Gasteiger partial charge in [-0.25, -0.2) is 9.40 Å². The zero-order valence-corrected chi connectivity index (χ0v) is 36.1. The molecular formula is C46H57F3N8O5. The van der Waals surface area contributed by atoms with Crippen molar-refractivity contribution < 1.29 is 37.1 Å². The maximum atomic E-state index is 15.4. The van der Waals surface area contributed by atoms with E-state index in [0.29, 0.717) is 57.7 Å². The lowest BCUT2D eigenvalue weighted by molar-refractivity contribution is -0.140. The van der Waals surface area contributed by atoms with Crippen LogP contribution in [-0.4, -0.2) is 112 Å². The topological polar surface area (TPSA) is 130 Å². The van der Waals surface area contributed by atoms with Crippen LogP contribution in [0.5, 0.6) is 5.75 Å². The zero-order valence-electron chi connectivity index (χ0n) is 36.1. The number of nitrogens with one attached hydrogen (secondary N) is 3. The number of ether oxygens (including phenoxy) is 1. The van der Waals surface area contributed by atoms with Crippen molar-refractivity contribution >= 4 is 52.1 Å². The predicted octanol–water partition coefficient (Wildman–Crippen LogP) is 6.27. The number of imide groups is 1. The van der Waals surface area contributed by atoms with Crippen LogP contribution in [-0.2, 0) is 14.4 Å². The molecule has 5 heterocycles. The van der Waals surface area contributed by atoms with Gasteiger partial charge in [0.05, 0.1) is 42.3 Å². The number of alkyl halides is 2. The molecule has 8 rings (SSSR count). The van der Waals surface area contributed by atoms with E-state index in [1.807, 2.05) is 24.9 Å². The standard InChI is InChI=1S/C46H57F3N8O5/c1-28(2)57-27-46(48,49)44(61)53(4)38-12-8-33(23-39(38)57)50-36-10-6-32(22-40(36)62-5)42(59)52-55-25-45(26-55)15-18-54(19-16-45)24-30-14-17-56(29(3)20-30)37-11-7-31(21-35(37)47)34-9-13-41(58)51-43(34)60/h6-8,10-12,21-23,28-30,34,50H,9,13-20,24-27H2,1-5H3,(H,52,59)(H,51,58,60). The van der Waals surface area contributed by atoms with Crippen molar-refractivity contribution in [3.05, 3.63) is 71.5 Å². The van der Waals surface area contributed by atoms with E-state index in [1.165, 1.54) is 25.1 Å². The summed E-state index contributed by atoms with van der Waals surface area (Å²) >= 11 is 0. The second-order valence-corrected chi connectivity index (χ2v) is 18.3. The molecule has 332 valence electrons. The monoisotopic (exact) mass is 858 g/mol. The molecule has 4 fully saturated rings. The van der Waals surface area contributed by atoms with Gasteiger partial charge in [0, 0.05) is 68.4 Å². The number of rotatable bonds is 10. The number of methoxy groups -OCH3 is 1. The van der Waals surface area contributed by atoms with Crippen LogP contribution in [0.25, 0.3) is 0 Å². The zero-order chi connectivity index (χ0) is 44.1. The van der Waals surface area contributed by atoms with Crippen LogP contribution in [0.2, 0.25) is 0 Å². The first kappa shape index (κ1) is 43.3. The van der Waals surface area contributed by atoms with E-state index in [-0.39, 0.29) is 47.5 Å². The lowest BCUT2D eigenvalue weighted by Crippen LogP contribution is -2.65. The predicted molar refractivity (Wildman–Crippen MR) is 232 cm³/mol. The van der Waals surface area contributed by atoms with Crippen LogP contribution in [0, 0.1) is 17.2 Å². The molecule has 5 aliphatic rings. The number of hydrazine groups is 1. The quantitative estimate of drug-likeness (QED) is 0.201. The summed E-state index contributed by atoms with van der Waals surface area (Å²) in [5.41, 5.74) is 6.93. The molecule has 13 nitrogen and oxygen atoms in total. The van der Waals surface area contributed by atoms with E-state index in [0.717, 1.165) is 69.9 Å². The van der Waals surface area contributed by atoms with Crippen LogP contribution in [0.15, 0.2) is 54.6 Å². The minimum absolute atomic E-state index is 0.167. The molecule has 3 aromatic rings. The molecule has 5 aliphatic heterocycles. The summed E-state index contributed by atoms with van der Waals surface area (Å²) < 4.78 is 50.7. The van der Waals surface area contributed by atoms with Crippen LogP contribution in [0.4, 0.5) is 41.6 Å². The Hall–Kier alpha value is -5.35. The summed E-state index contributed by atoms with van der Waals surface area (Å²) in [6, 6.07) is 15.2. The van der Waals surface area contributed by atoms with E-state index in [2.05, 4.69) is 32.8 Å². The van der Waals surface area contributed by atoms with Gasteiger partial charge in [0.1, 0.15) is 11.6 Å². The number of piperidine rings is 3. The molecular weight excluding hydrogens is 802 g/mol. The summed E-state index contributed by atoms with van der Waals surface area (Å²) in [5.74, 6) is -5.56. The fraction of sp³-hybridized carbons (Fsp3) is 0.522. The third-order valence-electron chi connectivity index (χ3n) is 13.7. The average Bonchev–Trinajstić information content (AvgIpc) is 3.29. The number of fused-ring (bicyclic) bond motifs is 1. The molecule has 0 aromatic heterocycles. The van der Waals surface area contributed by atoms with E-state index < -0.39 is 24.3 Å². The van der Waals surface area contributed by atoms with Gasteiger partial charge in [-0.05, 0) is 126 Å². The van der Waals surface area contributed by atoms with Gasteiger partial charge in [-0.3, -0.25) is 29.9 Å². The Balaban J connectivity index is 0.802. The van der Waals surface area contributed by atoms with E-state index in [4.69, 9.17) is 4.74 Å². The lowest BCUT2D eigenvalue weighted by atomic mass is 9.72. The third kappa shape index (κ3) is 8.68. The van der Waals surface area contributed by atoms with Crippen molar-refractivity contribution in [2.45, 2.75) is 83.2 Å². The summed E-state index contributed by atoms with van der Waals surface area (Å²) in [6.07, 6.45) is 4.70. The first-order valence-electron chi connectivity index (χ1n) is 21.7. The maximum absolute atomic E-state index is 15.4. The largest absolute Gasteiger partial charge is 0.495 e. The van der Waals surface area contributed by atoms with Gasteiger partial charge in [-0.2, -0.15) is 8.78 Å². The summed E-state index contributed by atoms with van der Waals surface area (Å²) in [5, 5.41) is 7.64. The molecule has 4 amide bonds. The Kier molecular flexibility index (Phi) is 11.9. The second-order valence-electron chi connectivity index (χ2n) is 18.3. The number of nitrogens with zero attached hydrogens (tertiary/aromatic N) is 5. The van der Waals surface area contributed by atoms with Gasteiger partial charge in [0.15, 0.2) is 0 Å². The van der Waals surface area contributed by atoms with Gasteiger partial charge in [-0.1, -0.05) is 6.07 Å². The number of anilines is 5. The van der Waals surface area contributed by atoms with Crippen molar-refractivity contribution in [3.63, 3.8) is 0 Å². The summed E-state index contributed by atoms with van der Waals surface area (Å²) in [4.78, 5) is 57.1. The van der Waals surface area contributed by atoms with E-state index in [1.54, 1.807) is 42.5 Å². The number of carbonyl (C=O) groups is 4. The Morgan fingerprint density at radius 1 is 0.935 bits per heavy atom. The van der Waals surface area contributed by atoms with Crippen molar-refractivity contribution in [2.75, 3.05) is 80.0 Å². The minimum Gasteiger partial charge on any atom is -0.495 e. The molecule has 3 atom stereocenters. The van der Waals surface area contributed by atoms with Crippen LogP contribution >= 0.6 is 0 Å². The fourth-order valence-electron chi connectivity index (χ4n) is 10.1. The number of hydrogen-bond acceptors (Lipinski definition) is 10. The Morgan fingerprint density at radius 2 is 1.68 bits per heavy atom. The normalized spacial score (nSPS) is 24.0. The number of benzene rings is 3. The molecule has 0 saturated carbocycles. The Labute approximate surface area is 360 Å². The van der Waals surface area contributed by atoms with Gasteiger partial charge >= 0.3 is 5.92 Å². The van der Waals surface area contributed by atoms with Crippen molar-refractivity contribution in [3.8, 4) is 5.75 Å². The van der Waals surface area contributed by atoms with E-state index >= 15 is 4.39 Å². The molecule has 0 bridgehead atoms. The highest BCUT2D eigenvalue weighted by atomic mass is 19.3. The molecule has 16 heteroatoms. The molecule has 3 unspecified atom stereocenters. The highest BCUT2D eigenvalue weighted by Crippen LogP contribution is 2.42. The summed E-state index contributed by atoms with van der Waals surface area (Å²) in [7, 11) is 2.88. The smallest absolute Gasteiger partial charge is 0.342 e. The number of halogens is 3. The second kappa shape index (κ2) is 17.1.